The summed E-state index contributed by atoms with van der Waals surface area (Å²) in [5.41, 5.74) is 0.830. The van der Waals surface area contributed by atoms with Crippen LogP contribution in [0.4, 0.5) is 0 Å². The molecule has 90 valence electrons. The van der Waals surface area contributed by atoms with E-state index in [4.69, 9.17) is 16.3 Å². The van der Waals surface area contributed by atoms with E-state index in [1.165, 1.54) is 0 Å². The molecule has 0 aromatic carbocycles. The molecular formula is C11H16BrClN2O. The predicted octanol–water partition coefficient (Wildman–Crippen LogP) is 3.49. The van der Waals surface area contributed by atoms with Gasteiger partial charge in [-0.2, -0.15) is 4.98 Å². The summed E-state index contributed by atoms with van der Waals surface area (Å²) in [4.78, 5) is 8.57. The Morgan fingerprint density at radius 1 is 1.50 bits per heavy atom. The minimum Gasteiger partial charge on any atom is -0.467 e. The zero-order chi connectivity index (χ0) is 12.1. The molecule has 0 saturated carbocycles. The summed E-state index contributed by atoms with van der Waals surface area (Å²) >= 11 is 9.67. The van der Waals surface area contributed by atoms with Crippen LogP contribution in [0.3, 0.4) is 0 Å². The summed E-state index contributed by atoms with van der Waals surface area (Å²) in [6, 6.07) is 0.364. The van der Waals surface area contributed by atoms with Gasteiger partial charge in [0, 0.05) is 11.2 Å². The molecule has 0 amide bonds. The molecule has 0 aliphatic carbocycles. The van der Waals surface area contributed by atoms with Crippen LogP contribution in [-0.4, -0.2) is 21.9 Å². The van der Waals surface area contributed by atoms with Gasteiger partial charge in [0.2, 0.25) is 0 Å². The number of alkyl halides is 1. The monoisotopic (exact) mass is 306 g/mol. The van der Waals surface area contributed by atoms with Gasteiger partial charge in [-0.3, -0.25) is 0 Å². The van der Waals surface area contributed by atoms with Crippen molar-refractivity contribution in [3.8, 4) is 6.01 Å². The molecule has 5 heteroatoms. The SMILES string of the molecule is COc1ncc(Cl)c(CC(Br)CC(C)C)n1. The lowest BCUT2D eigenvalue weighted by Gasteiger charge is -2.12. The summed E-state index contributed by atoms with van der Waals surface area (Å²) in [5.74, 6) is 0.645. The van der Waals surface area contributed by atoms with Gasteiger partial charge in [0.25, 0.3) is 0 Å². The van der Waals surface area contributed by atoms with Gasteiger partial charge >= 0.3 is 6.01 Å². The van der Waals surface area contributed by atoms with E-state index in [1.807, 2.05) is 0 Å². The van der Waals surface area contributed by atoms with Gasteiger partial charge < -0.3 is 4.74 Å². The fourth-order valence-electron chi connectivity index (χ4n) is 1.43. The first-order chi connectivity index (χ1) is 7.52. The van der Waals surface area contributed by atoms with Crippen molar-refractivity contribution in [2.75, 3.05) is 7.11 Å². The van der Waals surface area contributed by atoms with E-state index in [9.17, 15) is 0 Å². The molecule has 0 spiro atoms. The third kappa shape index (κ3) is 4.26. The van der Waals surface area contributed by atoms with Crippen LogP contribution in [0.15, 0.2) is 6.20 Å². The highest BCUT2D eigenvalue weighted by Crippen LogP contribution is 2.22. The molecule has 1 rings (SSSR count). The lowest BCUT2D eigenvalue weighted by molar-refractivity contribution is 0.377. The molecule has 0 bridgehead atoms. The lowest BCUT2D eigenvalue weighted by atomic mass is 10.1. The average Bonchev–Trinajstić information content (AvgIpc) is 2.20. The van der Waals surface area contributed by atoms with Crippen LogP contribution < -0.4 is 4.74 Å². The van der Waals surface area contributed by atoms with Crippen molar-refractivity contribution >= 4 is 27.5 Å². The number of halogens is 2. The van der Waals surface area contributed by atoms with E-state index in [0.717, 1.165) is 18.5 Å². The van der Waals surface area contributed by atoms with Crippen molar-refractivity contribution in [2.24, 2.45) is 5.92 Å². The summed E-state index contributed by atoms with van der Waals surface area (Å²) < 4.78 is 4.98. The van der Waals surface area contributed by atoms with Gasteiger partial charge in [-0.05, 0) is 12.3 Å². The Morgan fingerprint density at radius 2 is 2.19 bits per heavy atom. The molecule has 1 atom stereocenters. The number of aromatic nitrogens is 2. The topological polar surface area (TPSA) is 35.0 Å². The highest BCUT2D eigenvalue weighted by molar-refractivity contribution is 9.09. The smallest absolute Gasteiger partial charge is 0.316 e. The molecule has 0 saturated heterocycles. The Balaban J connectivity index is 2.71. The maximum absolute atomic E-state index is 6.03. The largest absolute Gasteiger partial charge is 0.467 e. The van der Waals surface area contributed by atoms with Crippen molar-refractivity contribution in [1.82, 2.24) is 9.97 Å². The quantitative estimate of drug-likeness (QED) is 0.781. The van der Waals surface area contributed by atoms with Gasteiger partial charge in [-0.15, -0.1) is 0 Å². The van der Waals surface area contributed by atoms with Crippen LogP contribution in [-0.2, 0) is 6.42 Å². The maximum Gasteiger partial charge on any atom is 0.316 e. The number of ether oxygens (including phenoxy) is 1. The molecule has 1 heterocycles. The number of hydrogen-bond donors (Lipinski definition) is 0. The Labute approximate surface area is 110 Å². The minimum absolute atomic E-state index is 0.364. The van der Waals surface area contributed by atoms with Crippen molar-refractivity contribution in [3.05, 3.63) is 16.9 Å². The Bertz CT molecular complexity index is 347. The average molecular weight is 308 g/mol. The van der Waals surface area contributed by atoms with Crippen LogP contribution in [0.25, 0.3) is 0 Å². The highest BCUT2D eigenvalue weighted by Gasteiger charge is 2.13. The normalized spacial score (nSPS) is 12.9. The van der Waals surface area contributed by atoms with Crippen LogP contribution in [0.2, 0.25) is 5.02 Å². The van der Waals surface area contributed by atoms with Gasteiger partial charge in [-0.1, -0.05) is 41.4 Å². The summed E-state index contributed by atoms with van der Waals surface area (Å²) in [5, 5.41) is 0.592. The van der Waals surface area contributed by atoms with Gasteiger partial charge in [0.1, 0.15) is 0 Å². The highest BCUT2D eigenvalue weighted by atomic mass is 79.9. The second kappa shape index (κ2) is 6.40. The molecule has 0 N–H and O–H groups in total. The van der Waals surface area contributed by atoms with Gasteiger partial charge in [0.05, 0.1) is 24.0 Å². The van der Waals surface area contributed by atoms with Crippen molar-refractivity contribution in [1.29, 1.82) is 0 Å². The predicted molar refractivity (Wildman–Crippen MR) is 69.5 cm³/mol. The molecule has 0 aliphatic rings. The fourth-order valence-corrected chi connectivity index (χ4v) is 2.65. The zero-order valence-corrected chi connectivity index (χ0v) is 12.0. The number of hydrogen-bond acceptors (Lipinski definition) is 3. The summed E-state index contributed by atoms with van der Waals surface area (Å²) in [7, 11) is 1.55. The van der Waals surface area contributed by atoms with E-state index in [-0.39, 0.29) is 0 Å². The van der Waals surface area contributed by atoms with Crippen molar-refractivity contribution < 1.29 is 4.74 Å². The zero-order valence-electron chi connectivity index (χ0n) is 9.70. The molecular weight excluding hydrogens is 291 g/mol. The van der Waals surface area contributed by atoms with Crippen molar-refractivity contribution in [2.45, 2.75) is 31.5 Å². The van der Waals surface area contributed by atoms with Crippen LogP contribution in [0.5, 0.6) is 6.01 Å². The van der Waals surface area contributed by atoms with Gasteiger partial charge in [0.15, 0.2) is 0 Å². The summed E-state index contributed by atoms with van der Waals surface area (Å²) in [6.45, 7) is 4.38. The van der Waals surface area contributed by atoms with Crippen LogP contribution in [0.1, 0.15) is 26.0 Å². The first kappa shape index (κ1) is 13.7. The Kier molecular flexibility index (Phi) is 5.49. The van der Waals surface area contributed by atoms with E-state index in [1.54, 1.807) is 13.3 Å². The minimum atomic E-state index is 0.364. The van der Waals surface area contributed by atoms with Crippen LogP contribution >= 0.6 is 27.5 Å². The molecule has 0 fully saturated rings. The lowest BCUT2D eigenvalue weighted by Crippen LogP contribution is -2.09. The van der Waals surface area contributed by atoms with Gasteiger partial charge in [-0.25, -0.2) is 4.98 Å². The third-order valence-electron chi connectivity index (χ3n) is 2.12. The van der Waals surface area contributed by atoms with Crippen molar-refractivity contribution in [3.63, 3.8) is 0 Å². The number of nitrogens with zero attached hydrogens (tertiary/aromatic N) is 2. The molecule has 0 radical (unpaired) electrons. The standard InChI is InChI=1S/C11H16BrClN2O/c1-7(2)4-8(12)5-10-9(13)6-14-11(15-10)16-3/h6-8H,4-5H2,1-3H3. The maximum atomic E-state index is 6.03. The molecule has 1 aromatic heterocycles. The Morgan fingerprint density at radius 3 is 2.75 bits per heavy atom. The molecule has 1 aromatic rings. The molecule has 0 aliphatic heterocycles. The van der Waals surface area contributed by atoms with E-state index in [0.29, 0.717) is 21.8 Å². The van der Waals surface area contributed by atoms with Crippen LogP contribution in [0, 0.1) is 5.92 Å². The van der Waals surface area contributed by atoms with E-state index in [2.05, 4.69) is 39.7 Å². The first-order valence-corrected chi connectivity index (χ1v) is 6.51. The molecule has 3 nitrogen and oxygen atoms in total. The second-order valence-corrected chi connectivity index (χ2v) is 5.78. The third-order valence-corrected chi connectivity index (χ3v) is 3.13. The first-order valence-electron chi connectivity index (χ1n) is 5.22. The fraction of sp³-hybridized carbons (Fsp3) is 0.636. The Hall–Kier alpha value is -0.350. The molecule has 1 unspecified atom stereocenters. The number of rotatable bonds is 5. The molecule has 16 heavy (non-hydrogen) atoms. The summed E-state index contributed by atoms with van der Waals surface area (Å²) in [6.07, 6.45) is 3.45. The van der Waals surface area contributed by atoms with E-state index >= 15 is 0 Å². The number of methoxy groups -OCH3 is 1. The second-order valence-electron chi connectivity index (χ2n) is 4.08. The van der Waals surface area contributed by atoms with E-state index < -0.39 is 0 Å².